The van der Waals surface area contributed by atoms with Crippen molar-refractivity contribution in [2.75, 3.05) is 25.6 Å². The van der Waals surface area contributed by atoms with E-state index in [4.69, 9.17) is 10.00 Å². The molecular weight excluding hydrogens is 228 g/mol. The Hall–Kier alpha value is -2.02. The maximum absolute atomic E-state index is 11.4. The Bertz CT molecular complexity index is 477. The third-order valence-electron chi connectivity index (χ3n) is 2.89. The minimum absolute atomic E-state index is 0.185. The standard InChI is InChI=1S/C14H18N2O2/c1-10-7-12(8-15)5-6-13(10)16(3)9-11(2)14(17)18-4/h5-7,11H,9H2,1-4H3. The van der Waals surface area contributed by atoms with Gasteiger partial charge in [-0.1, -0.05) is 6.92 Å². The molecule has 0 N–H and O–H groups in total. The van der Waals surface area contributed by atoms with E-state index < -0.39 is 0 Å². The molecule has 1 aromatic carbocycles. The highest BCUT2D eigenvalue weighted by atomic mass is 16.5. The van der Waals surface area contributed by atoms with Gasteiger partial charge in [-0.2, -0.15) is 5.26 Å². The van der Waals surface area contributed by atoms with Crippen LogP contribution in [0, 0.1) is 24.2 Å². The fourth-order valence-electron chi connectivity index (χ4n) is 1.94. The molecule has 0 saturated carbocycles. The van der Waals surface area contributed by atoms with Gasteiger partial charge in [-0.15, -0.1) is 0 Å². The second kappa shape index (κ2) is 6.06. The van der Waals surface area contributed by atoms with Crippen molar-refractivity contribution in [3.8, 4) is 6.07 Å². The first kappa shape index (κ1) is 14.0. The van der Waals surface area contributed by atoms with Crippen molar-refractivity contribution in [3.63, 3.8) is 0 Å². The molecule has 0 aliphatic heterocycles. The van der Waals surface area contributed by atoms with Gasteiger partial charge < -0.3 is 9.64 Å². The van der Waals surface area contributed by atoms with Gasteiger partial charge in [-0.25, -0.2) is 0 Å². The Balaban J connectivity index is 2.82. The predicted molar refractivity (Wildman–Crippen MR) is 70.3 cm³/mol. The zero-order valence-electron chi connectivity index (χ0n) is 11.2. The number of aryl methyl sites for hydroxylation is 1. The topological polar surface area (TPSA) is 53.3 Å². The van der Waals surface area contributed by atoms with Gasteiger partial charge in [0, 0.05) is 19.3 Å². The van der Waals surface area contributed by atoms with Crippen LogP contribution in [0.1, 0.15) is 18.1 Å². The summed E-state index contributed by atoms with van der Waals surface area (Å²) in [5, 5.41) is 8.82. The molecule has 0 aliphatic rings. The van der Waals surface area contributed by atoms with E-state index in [1.807, 2.05) is 37.9 Å². The minimum Gasteiger partial charge on any atom is -0.469 e. The molecule has 0 aromatic heterocycles. The molecule has 0 heterocycles. The summed E-state index contributed by atoms with van der Waals surface area (Å²) in [4.78, 5) is 13.4. The fraction of sp³-hybridized carbons (Fsp3) is 0.429. The van der Waals surface area contributed by atoms with Crippen LogP contribution in [0.15, 0.2) is 18.2 Å². The van der Waals surface area contributed by atoms with Crippen LogP contribution in [0.25, 0.3) is 0 Å². The van der Waals surface area contributed by atoms with Crippen LogP contribution >= 0.6 is 0 Å². The maximum Gasteiger partial charge on any atom is 0.310 e. The van der Waals surface area contributed by atoms with Crippen LogP contribution in [0.2, 0.25) is 0 Å². The summed E-state index contributed by atoms with van der Waals surface area (Å²) < 4.78 is 4.71. The van der Waals surface area contributed by atoms with Gasteiger partial charge in [0.2, 0.25) is 0 Å². The first-order valence-corrected chi connectivity index (χ1v) is 5.79. The van der Waals surface area contributed by atoms with Crippen molar-refractivity contribution >= 4 is 11.7 Å². The molecule has 4 nitrogen and oxygen atoms in total. The van der Waals surface area contributed by atoms with Gasteiger partial charge in [0.1, 0.15) is 0 Å². The molecule has 96 valence electrons. The average molecular weight is 246 g/mol. The first-order chi connectivity index (χ1) is 8.49. The largest absolute Gasteiger partial charge is 0.469 e. The second-order valence-corrected chi connectivity index (χ2v) is 4.42. The van der Waals surface area contributed by atoms with Gasteiger partial charge in [0.05, 0.1) is 24.7 Å². The van der Waals surface area contributed by atoms with Crippen LogP contribution in [0.5, 0.6) is 0 Å². The lowest BCUT2D eigenvalue weighted by Crippen LogP contribution is -2.29. The quantitative estimate of drug-likeness (QED) is 0.763. The van der Waals surface area contributed by atoms with Crippen molar-refractivity contribution in [1.82, 2.24) is 0 Å². The fourth-order valence-corrected chi connectivity index (χ4v) is 1.94. The molecule has 1 rings (SSSR count). The number of hydrogen-bond donors (Lipinski definition) is 0. The molecule has 0 bridgehead atoms. The van der Waals surface area contributed by atoms with Crippen molar-refractivity contribution in [3.05, 3.63) is 29.3 Å². The van der Waals surface area contributed by atoms with Crippen molar-refractivity contribution in [1.29, 1.82) is 5.26 Å². The number of methoxy groups -OCH3 is 1. The lowest BCUT2D eigenvalue weighted by atomic mass is 10.1. The highest BCUT2D eigenvalue weighted by Gasteiger charge is 2.16. The van der Waals surface area contributed by atoms with Gasteiger partial charge in [0.15, 0.2) is 0 Å². The second-order valence-electron chi connectivity index (χ2n) is 4.42. The Morgan fingerprint density at radius 1 is 1.56 bits per heavy atom. The molecule has 0 spiro atoms. The van der Waals surface area contributed by atoms with E-state index in [0.29, 0.717) is 12.1 Å². The molecule has 0 fully saturated rings. The molecule has 1 unspecified atom stereocenters. The third kappa shape index (κ3) is 3.24. The normalized spacial score (nSPS) is 11.5. The van der Waals surface area contributed by atoms with E-state index in [9.17, 15) is 4.79 Å². The SMILES string of the molecule is COC(=O)C(C)CN(C)c1ccc(C#N)cc1C. The number of carbonyl (C=O) groups is 1. The van der Waals surface area contributed by atoms with Crippen molar-refractivity contribution in [2.24, 2.45) is 5.92 Å². The summed E-state index contributed by atoms with van der Waals surface area (Å²) in [5.74, 6) is -0.400. The Morgan fingerprint density at radius 2 is 2.22 bits per heavy atom. The monoisotopic (exact) mass is 246 g/mol. The van der Waals surface area contributed by atoms with Crippen LogP contribution in [-0.4, -0.2) is 26.7 Å². The van der Waals surface area contributed by atoms with Crippen LogP contribution in [-0.2, 0) is 9.53 Å². The van der Waals surface area contributed by atoms with E-state index >= 15 is 0 Å². The van der Waals surface area contributed by atoms with Crippen LogP contribution < -0.4 is 4.90 Å². The molecule has 18 heavy (non-hydrogen) atoms. The summed E-state index contributed by atoms with van der Waals surface area (Å²) in [6.07, 6.45) is 0. The zero-order valence-corrected chi connectivity index (χ0v) is 11.2. The lowest BCUT2D eigenvalue weighted by molar-refractivity contribution is -0.144. The lowest BCUT2D eigenvalue weighted by Gasteiger charge is -2.24. The third-order valence-corrected chi connectivity index (χ3v) is 2.89. The Morgan fingerprint density at radius 3 is 2.72 bits per heavy atom. The predicted octanol–water partition coefficient (Wildman–Crippen LogP) is 2.11. The molecule has 4 heteroatoms. The van der Waals surface area contributed by atoms with Crippen LogP contribution in [0.4, 0.5) is 5.69 Å². The van der Waals surface area contributed by atoms with Crippen LogP contribution in [0.3, 0.4) is 0 Å². The summed E-state index contributed by atoms with van der Waals surface area (Å²) in [5.41, 5.74) is 2.68. The zero-order chi connectivity index (χ0) is 13.7. The van der Waals surface area contributed by atoms with Gasteiger partial charge in [-0.3, -0.25) is 4.79 Å². The van der Waals surface area contributed by atoms with Gasteiger partial charge in [0.25, 0.3) is 0 Å². The first-order valence-electron chi connectivity index (χ1n) is 5.79. The highest BCUT2D eigenvalue weighted by Crippen LogP contribution is 2.21. The van der Waals surface area contributed by atoms with E-state index in [0.717, 1.165) is 11.3 Å². The molecule has 0 radical (unpaired) electrons. The number of nitrogens with zero attached hydrogens (tertiary/aromatic N) is 2. The molecule has 0 amide bonds. The summed E-state index contributed by atoms with van der Waals surface area (Å²) in [7, 11) is 3.32. The van der Waals surface area contributed by atoms with E-state index in [1.165, 1.54) is 7.11 Å². The van der Waals surface area contributed by atoms with Crippen molar-refractivity contribution < 1.29 is 9.53 Å². The summed E-state index contributed by atoms with van der Waals surface area (Å²) in [6, 6.07) is 7.63. The van der Waals surface area contributed by atoms with E-state index in [-0.39, 0.29) is 11.9 Å². The van der Waals surface area contributed by atoms with E-state index in [1.54, 1.807) is 6.07 Å². The number of carbonyl (C=O) groups excluding carboxylic acids is 1. The Labute approximate surface area is 108 Å². The molecular formula is C14H18N2O2. The molecule has 1 aromatic rings. The molecule has 0 saturated heterocycles. The number of benzene rings is 1. The molecule has 1 atom stereocenters. The molecule has 0 aliphatic carbocycles. The number of esters is 1. The number of ether oxygens (including phenoxy) is 1. The Kier molecular flexibility index (Phi) is 4.73. The van der Waals surface area contributed by atoms with E-state index in [2.05, 4.69) is 6.07 Å². The number of nitriles is 1. The summed E-state index contributed by atoms with van der Waals surface area (Å²) in [6.45, 7) is 4.37. The number of anilines is 1. The highest BCUT2D eigenvalue weighted by molar-refractivity contribution is 5.72. The van der Waals surface area contributed by atoms with Gasteiger partial charge in [-0.05, 0) is 30.7 Å². The number of hydrogen-bond acceptors (Lipinski definition) is 4. The average Bonchev–Trinajstić information content (AvgIpc) is 2.37. The van der Waals surface area contributed by atoms with Crippen molar-refractivity contribution in [2.45, 2.75) is 13.8 Å². The maximum atomic E-state index is 11.4. The minimum atomic E-state index is -0.215. The van der Waals surface area contributed by atoms with Gasteiger partial charge >= 0.3 is 5.97 Å². The number of rotatable bonds is 4. The summed E-state index contributed by atoms with van der Waals surface area (Å²) >= 11 is 0. The smallest absolute Gasteiger partial charge is 0.310 e.